The van der Waals surface area contributed by atoms with Gasteiger partial charge >= 0.3 is 0 Å². The number of rotatable bonds is 15. The highest BCUT2D eigenvalue weighted by molar-refractivity contribution is 5.81. The average Bonchev–Trinajstić information content (AvgIpc) is 2.43. The number of unbranched alkanes of at least 4 members (excludes halogenated alkanes) is 2. The summed E-state index contributed by atoms with van der Waals surface area (Å²) >= 11 is 0. The van der Waals surface area contributed by atoms with Crippen LogP contribution in [0.3, 0.4) is 0 Å². The molecule has 0 aromatic rings. The van der Waals surface area contributed by atoms with Gasteiger partial charge in [-0.3, -0.25) is 4.79 Å². The van der Waals surface area contributed by atoms with Crippen LogP contribution in [0.2, 0.25) is 0 Å². The van der Waals surface area contributed by atoms with Gasteiger partial charge in [-0.2, -0.15) is 0 Å². The third-order valence-corrected chi connectivity index (χ3v) is 2.99. The highest BCUT2D eigenvalue weighted by Crippen LogP contribution is 2.00. The van der Waals surface area contributed by atoms with E-state index in [1.165, 1.54) is 0 Å². The van der Waals surface area contributed by atoms with Crippen molar-refractivity contribution in [2.24, 2.45) is 11.8 Å². The molecule has 0 aliphatic heterocycles. The summed E-state index contributed by atoms with van der Waals surface area (Å²) in [6.07, 6.45) is 4.19. The van der Waals surface area contributed by atoms with E-state index in [0.29, 0.717) is 19.1 Å². The number of carbonyl (C=O) groups is 1. The van der Waals surface area contributed by atoms with Gasteiger partial charge in [0.25, 0.3) is 0 Å². The van der Waals surface area contributed by atoms with Crippen molar-refractivity contribution < 1.29 is 19.0 Å². The van der Waals surface area contributed by atoms with Crippen LogP contribution in [-0.4, -0.2) is 45.4 Å². The largest absolute Gasteiger partial charge is 0.381 e. The molecule has 0 atom stereocenters. The Hall–Kier alpha value is -0.450. The van der Waals surface area contributed by atoms with Crippen LogP contribution in [0.1, 0.15) is 53.4 Å². The molecule has 0 aromatic carbocycles. The molecule has 126 valence electrons. The second-order valence-electron chi connectivity index (χ2n) is 6.17. The van der Waals surface area contributed by atoms with Crippen molar-refractivity contribution in [3.8, 4) is 0 Å². The van der Waals surface area contributed by atoms with E-state index in [2.05, 4.69) is 13.8 Å². The first kappa shape index (κ1) is 20.6. The molecule has 0 fully saturated rings. The molecule has 0 spiro atoms. The first-order chi connectivity index (χ1) is 10.0. The number of Topliss-reactive ketones (excluding diaryl/α,β-unsaturated/α-hetero) is 1. The van der Waals surface area contributed by atoms with Gasteiger partial charge in [-0.25, -0.2) is 0 Å². The fourth-order valence-corrected chi connectivity index (χ4v) is 1.61. The lowest BCUT2D eigenvalue weighted by Gasteiger charge is -2.07. The second kappa shape index (κ2) is 14.5. The molecule has 4 nitrogen and oxygen atoms in total. The lowest BCUT2D eigenvalue weighted by atomic mass is 10.1. The Morgan fingerprint density at radius 3 is 1.95 bits per heavy atom. The van der Waals surface area contributed by atoms with Gasteiger partial charge in [-0.1, -0.05) is 27.7 Å². The number of carbonyl (C=O) groups excluding carboxylic acids is 1. The molecular weight excluding hydrogens is 268 g/mol. The van der Waals surface area contributed by atoms with Crippen LogP contribution in [0, 0.1) is 11.8 Å². The molecule has 4 heteroatoms. The van der Waals surface area contributed by atoms with E-state index in [1.807, 2.05) is 13.8 Å². The molecular formula is C17H34O4. The molecule has 0 radical (unpaired) electrons. The Morgan fingerprint density at radius 2 is 1.33 bits per heavy atom. The van der Waals surface area contributed by atoms with Crippen molar-refractivity contribution >= 4 is 5.78 Å². The number of ether oxygens (including phenoxy) is 3. The molecule has 0 saturated carbocycles. The minimum Gasteiger partial charge on any atom is -0.381 e. The molecule has 0 aromatic heterocycles. The molecule has 0 aliphatic rings. The molecule has 0 bridgehead atoms. The van der Waals surface area contributed by atoms with E-state index >= 15 is 0 Å². The van der Waals surface area contributed by atoms with Crippen LogP contribution < -0.4 is 0 Å². The quantitative estimate of drug-likeness (QED) is 0.434. The number of hydrogen-bond acceptors (Lipinski definition) is 4. The van der Waals surface area contributed by atoms with Gasteiger partial charge in [-0.05, 0) is 31.6 Å². The molecule has 0 N–H and O–H groups in total. The summed E-state index contributed by atoms with van der Waals surface area (Å²) in [4.78, 5) is 11.3. The highest BCUT2D eigenvalue weighted by atomic mass is 16.5. The lowest BCUT2D eigenvalue weighted by molar-refractivity contribution is -0.126. The number of hydrogen-bond donors (Lipinski definition) is 0. The Bertz CT molecular complexity index is 239. The minimum atomic E-state index is 0.0609. The van der Waals surface area contributed by atoms with E-state index in [9.17, 15) is 4.79 Å². The van der Waals surface area contributed by atoms with Gasteiger partial charge < -0.3 is 14.2 Å². The summed E-state index contributed by atoms with van der Waals surface area (Å²) in [6, 6.07) is 0. The monoisotopic (exact) mass is 302 g/mol. The highest BCUT2D eigenvalue weighted by Gasteiger charge is 2.06. The molecule has 0 amide bonds. The zero-order chi connectivity index (χ0) is 15.9. The van der Waals surface area contributed by atoms with Crippen LogP contribution in [0.5, 0.6) is 0 Å². The van der Waals surface area contributed by atoms with Gasteiger partial charge in [-0.15, -0.1) is 0 Å². The molecule has 0 saturated heterocycles. The molecule has 0 unspecified atom stereocenters. The normalized spacial score (nSPS) is 11.5. The van der Waals surface area contributed by atoms with Crippen LogP contribution in [0.25, 0.3) is 0 Å². The SMILES string of the molecule is CC(C)COCCCCCOCCCOCC(=O)C(C)C. The van der Waals surface area contributed by atoms with E-state index in [-0.39, 0.29) is 18.3 Å². The predicted molar refractivity (Wildman–Crippen MR) is 85.6 cm³/mol. The Kier molecular flexibility index (Phi) is 14.2. The average molecular weight is 302 g/mol. The minimum absolute atomic E-state index is 0.0609. The van der Waals surface area contributed by atoms with Gasteiger partial charge in [0.15, 0.2) is 5.78 Å². The Morgan fingerprint density at radius 1 is 0.762 bits per heavy atom. The fourth-order valence-electron chi connectivity index (χ4n) is 1.61. The fraction of sp³-hybridized carbons (Fsp3) is 0.941. The molecule has 0 aliphatic carbocycles. The van der Waals surface area contributed by atoms with Gasteiger partial charge in [0.05, 0.1) is 0 Å². The van der Waals surface area contributed by atoms with E-state index in [4.69, 9.17) is 14.2 Å². The van der Waals surface area contributed by atoms with Crippen molar-refractivity contribution in [1.29, 1.82) is 0 Å². The van der Waals surface area contributed by atoms with Crippen molar-refractivity contribution in [1.82, 2.24) is 0 Å². The summed E-state index contributed by atoms with van der Waals surface area (Å²) in [5.41, 5.74) is 0. The van der Waals surface area contributed by atoms with Crippen molar-refractivity contribution in [3.63, 3.8) is 0 Å². The summed E-state index contributed by atoms with van der Waals surface area (Å²) in [5, 5.41) is 0. The van der Waals surface area contributed by atoms with Crippen LogP contribution >= 0.6 is 0 Å². The topological polar surface area (TPSA) is 44.8 Å². The van der Waals surface area contributed by atoms with Crippen molar-refractivity contribution in [3.05, 3.63) is 0 Å². The van der Waals surface area contributed by atoms with Crippen LogP contribution in [0.4, 0.5) is 0 Å². The van der Waals surface area contributed by atoms with Crippen LogP contribution in [0.15, 0.2) is 0 Å². The first-order valence-electron chi connectivity index (χ1n) is 8.30. The second-order valence-corrected chi connectivity index (χ2v) is 6.17. The lowest BCUT2D eigenvalue weighted by Crippen LogP contribution is -2.15. The molecule has 0 heterocycles. The summed E-state index contributed by atoms with van der Waals surface area (Å²) in [5.74, 6) is 0.841. The van der Waals surface area contributed by atoms with E-state index in [0.717, 1.165) is 45.5 Å². The zero-order valence-corrected chi connectivity index (χ0v) is 14.4. The van der Waals surface area contributed by atoms with Gasteiger partial charge in [0.1, 0.15) is 6.61 Å². The van der Waals surface area contributed by atoms with E-state index < -0.39 is 0 Å². The smallest absolute Gasteiger partial charge is 0.160 e. The Balaban J connectivity index is 3.08. The Labute approximate surface area is 130 Å². The van der Waals surface area contributed by atoms with Gasteiger partial charge in [0, 0.05) is 39.0 Å². The molecule has 0 rings (SSSR count). The van der Waals surface area contributed by atoms with Crippen molar-refractivity contribution in [2.75, 3.05) is 39.6 Å². The van der Waals surface area contributed by atoms with Crippen LogP contribution in [-0.2, 0) is 19.0 Å². The number of ketones is 1. The maximum atomic E-state index is 11.3. The maximum Gasteiger partial charge on any atom is 0.160 e. The molecule has 21 heavy (non-hydrogen) atoms. The predicted octanol–water partition coefficient (Wildman–Crippen LogP) is 3.48. The first-order valence-corrected chi connectivity index (χ1v) is 8.30. The third-order valence-electron chi connectivity index (χ3n) is 2.99. The standard InChI is InChI=1S/C17H34O4/c1-15(2)13-20-10-7-5-6-9-19-11-8-12-21-14-17(18)16(3)4/h15-16H,5-14H2,1-4H3. The van der Waals surface area contributed by atoms with E-state index in [1.54, 1.807) is 0 Å². The maximum absolute atomic E-state index is 11.3. The third kappa shape index (κ3) is 15.8. The van der Waals surface area contributed by atoms with Gasteiger partial charge in [0.2, 0.25) is 0 Å². The summed E-state index contributed by atoms with van der Waals surface area (Å²) < 4.78 is 16.3. The summed E-state index contributed by atoms with van der Waals surface area (Å²) in [6.45, 7) is 12.2. The van der Waals surface area contributed by atoms with Crippen molar-refractivity contribution in [2.45, 2.75) is 53.4 Å². The zero-order valence-electron chi connectivity index (χ0n) is 14.4. The summed E-state index contributed by atoms with van der Waals surface area (Å²) in [7, 11) is 0.